The second kappa shape index (κ2) is 7.04. The van der Waals surface area contributed by atoms with Crippen LogP contribution in [0.15, 0.2) is 30.3 Å². The lowest BCUT2D eigenvalue weighted by molar-refractivity contribution is 0.121. The smallest absolute Gasteiger partial charge is 0.0791 e. The lowest BCUT2D eigenvalue weighted by Gasteiger charge is -2.21. The minimum atomic E-state index is -0.267. The number of hydrogen-bond acceptors (Lipinski definition) is 3. The van der Waals surface area contributed by atoms with Crippen molar-refractivity contribution >= 4 is 0 Å². The van der Waals surface area contributed by atoms with Crippen molar-refractivity contribution in [1.82, 2.24) is 10.2 Å². The van der Waals surface area contributed by atoms with Gasteiger partial charge in [-0.3, -0.25) is 0 Å². The lowest BCUT2D eigenvalue weighted by atomic mass is 9.99. The summed E-state index contributed by atoms with van der Waals surface area (Å²) in [7, 11) is 0. The maximum Gasteiger partial charge on any atom is 0.0791 e. The molecule has 1 fully saturated rings. The summed E-state index contributed by atoms with van der Waals surface area (Å²) in [6, 6.07) is 11.1. The molecule has 1 saturated heterocycles. The van der Waals surface area contributed by atoms with E-state index in [4.69, 9.17) is 0 Å². The largest absolute Gasteiger partial charge is 0.390 e. The van der Waals surface area contributed by atoms with E-state index in [9.17, 15) is 5.11 Å². The normalized spacial score (nSPS) is 22.0. The van der Waals surface area contributed by atoms with Gasteiger partial charge < -0.3 is 15.3 Å². The molecule has 1 aliphatic heterocycles. The van der Waals surface area contributed by atoms with Gasteiger partial charge in [0.15, 0.2) is 0 Å². The van der Waals surface area contributed by atoms with Crippen LogP contribution in [0.25, 0.3) is 0 Å². The molecule has 0 saturated carbocycles. The summed E-state index contributed by atoms with van der Waals surface area (Å²) in [5, 5.41) is 13.3. The molecule has 1 aliphatic rings. The zero-order chi connectivity index (χ0) is 13.7. The first-order valence-electron chi connectivity index (χ1n) is 7.34. The monoisotopic (exact) mass is 262 g/mol. The van der Waals surface area contributed by atoms with Gasteiger partial charge >= 0.3 is 0 Å². The standard InChI is InChI=1S/C16H26N2O/c1-13(2)17-10-16(19)12-18-9-8-15(11-18)14-6-4-3-5-7-14/h3-7,13,15-17,19H,8-12H2,1-2H3. The van der Waals surface area contributed by atoms with Gasteiger partial charge in [0.05, 0.1) is 6.10 Å². The molecular weight excluding hydrogens is 236 g/mol. The number of aliphatic hydroxyl groups excluding tert-OH is 1. The Morgan fingerprint density at radius 3 is 2.74 bits per heavy atom. The van der Waals surface area contributed by atoms with Crippen molar-refractivity contribution in [3.05, 3.63) is 35.9 Å². The van der Waals surface area contributed by atoms with Crippen LogP contribution in [0.1, 0.15) is 31.7 Å². The summed E-state index contributed by atoms with van der Waals surface area (Å²) < 4.78 is 0. The van der Waals surface area contributed by atoms with Crippen LogP contribution in [-0.4, -0.2) is 48.3 Å². The predicted molar refractivity (Wildman–Crippen MR) is 79.4 cm³/mol. The second-order valence-electron chi connectivity index (χ2n) is 5.87. The fourth-order valence-electron chi connectivity index (χ4n) is 2.73. The fourth-order valence-corrected chi connectivity index (χ4v) is 2.73. The van der Waals surface area contributed by atoms with E-state index in [1.54, 1.807) is 0 Å². The van der Waals surface area contributed by atoms with Crippen LogP contribution in [0.3, 0.4) is 0 Å². The van der Waals surface area contributed by atoms with Gasteiger partial charge in [-0.05, 0) is 24.4 Å². The number of β-amino-alcohol motifs (C(OH)–C–C–N with tert-alkyl or cyclic N) is 1. The van der Waals surface area contributed by atoms with E-state index in [0.717, 1.165) is 19.6 Å². The average Bonchev–Trinajstić information content (AvgIpc) is 2.86. The Kier molecular flexibility index (Phi) is 5.37. The molecule has 2 unspecified atom stereocenters. The van der Waals surface area contributed by atoms with E-state index < -0.39 is 0 Å². The third-order valence-electron chi connectivity index (χ3n) is 3.77. The predicted octanol–water partition coefficient (Wildman–Crippen LogP) is 1.83. The molecule has 0 aromatic heterocycles. The summed E-state index contributed by atoms with van der Waals surface area (Å²) in [4.78, 5) is 2.38. The molecule has 2 N–H and O–H groups in total. The SMILES string of the molecule is CC(C)NCC(O)CN1CCC(c2ccccc2)C1. The maximum absolute atomic E-state index is 10.0. The molecule has 3 heteroatoms. The zero-order valence-corrected chi connectivity index (χ0v) is 12.0. The van der Waals surface area contributed by atoms with Gasteiger partial charge in [-0.1, -0.05) is 44.2 Å². The van der Waals surface area contributed by atoms with Crippen LogP contribution < -0.4 is 5.32 Å². The number of benzene rings is 1. The third kappa shape index (κ3) is 4.60. The Morgan fingerprint density at radius 1 is 1.32 bits per heavy atom. The molecule has 0 aliphatic carbocycles. The quantitative estimate of drug-likeness (QED) is 0.821. The Balaban J connectivity index is 1.76. The first kappa shape index (κ1) is 14.5. The average molecular weight is 262 g/mol. The highest BCUT2D eigenvalue weighted by Crippen LogP contribution is 2.26. The molecular formula is C16H26N2O. The van der Waals surface area contributed by atoms with Crippen LogP contribution in [0, 0.1) is 0 Å². The maximum atomic E-state index is 10.0. The van der Waals surface area contributed by atoms with Gasteiger partial charge in [-0.25, -0.2) is 0 Å². The minimum Gasteiger partial charge on any atom is -0.390 e. The summed E-state index contributed by atoms with van der Waals surface area (Å²) in [6.07, 6.45) is 0.936. The first-order valence-corrected chi connectivity index (χ1v) is 7.34. The van der Waals surface area contributed by atoms with E-state index in [2.05, 4.69) is 54.4 Å². The summed E-state index contributed by atoms with van der Waals surface area (Å²) >= 11 is 0. The molecule has 1 aromatic carbocycles. The van der Waals surface area contributed by atoms with Gasteiger partial charge in [-0.15, -0.1) is 0 Å². The Bertz CT molecular complexity index is 366. The molecule has 0 bridgehead atoms. The van der Waals surface area contributed by atoms with Crippen LogP contribution in [0.2, 0.25) is 0 Å². The summed E-state index contributed by atoms with van der Waals surface area (Å²) in [6.45, 7) is 7.84. The van der Waals surface area contributed by atoms with E-state index in [1.807, 2.05) is 0 Å². The number of nitrogens with one attached hydrogen (secondary N) is 1. The van der Waals surface area contributed by atoms with Gasteiger partial charge in [-0.2, -0.15) is 0 Å². The van der Waals surface area contributed by atoms with Crippen molar-refractivity contribution in [2.24, 2.45) is 0 Å². The lowest BCUT2D eigenvalue weighted by Crippen LogP contribution is -2.39. The first-order chi connectivity index (χ1) is 9.15. The molecule has 1 aromatic rings. The van der Waals surface area contributed by atoms with E-state index in [0.29, 0.717) is 18.5 Å². The van der Waals surface area contributed by atoms with Gasteiger partial charge in [0.25, 0.3) is 0 Å². The topological polar surface area (TPSA) is 35.5 Å². The highest BCUT2D eigenvalue weighted by atomic mass is 16.3. The van der Waals surface area contributed by atoms with Crippen LogP contribution in [0.4, 0.5) is 0 Å². The van der Waals surface area contributed by atoms with E-state index >= 15 is 0 Å². The van der Waals surface area contributed by atoms with Crippen molar-refractivity contribution in [2.75, 3.05) is 26.2 Å². The Labute approximate surface area is 116 Å². The molecule has 106 valence electrons. The molecule has 19 heavy (non-hydrogen) atoms. The number of aliphatic hydroxyl groups is 1. The van der Waals surface area contributed by atoms with E-state index in [-0.39, 0.29) is 6.10 Å². The van der Waals surface area contributed by atoms with Crippen LogP contribution in [-0.2, 0) is 0 Å². The van der Waals surface area contributed by atoms with Crippen molar-refractivity contribution < 1.29 is 5.11 Å². The van der Waals surface area contributed by atoms with Crippen molar-refractivity contribution in [2.45, 2.75) is 38.3 Å². The minimum absolute atomic E-state index is 0.267. The van der Waals surface area contributed by atoms with Crippen molar-refractivity contribution in [3.8, 4) is 0 Å². The highest BCUT2D eigenvalue weighted by molar-refractivity contribution is 5.20. The fraction of sp³-hybridized carbons (Fsp3) is 0.625. The van der Waals surface area contributed by atoms with Crippen molar-refractivity contribution in [3.63, 3.8) is 0 Å². The van der Waals surface area contributed by atoms with Gasteiger partial charge in [0.2, 0.25) is 0 Å². The number of hydrogen-bond donors (Lipinski definition) is 2. The number of nitrogens with zero attached hydrogens (tertiary/aromatic N) is 1. The van der Waals surface area contributed by atoms with Crippen LogP contribution >= 0.6 is 0 Å². The van der Waals surface area contributed by atoms with Gasteiger partial charge in [0, 0.05) is 25.7 Å². The molecule has 1 heterocycles. The molecule has 2 rings (SSSR count). The zero-order valence-electron chi connectivity index (χ0n) is 12.0. The van der Waals surface area contributed by atoms with E-state index in [1.165, 1.54) is 12.0 Å². The molecule has 3 nitrogen and oxygen atoms in total. The van der Waals surface area contributed by atoms with Crippen molar-refractivity contribution in [1.29, 1.82) is 0 Å². The third-order valence-corrected chi connectivity index (χ3v) is 3.77. The van der Waals surface area contributed by atoms with Crippen LogP contribution in [0.5, 0.6) is 0 Å². The second-order valence-corrected chi connectivity index (χ2v) is 5.87. The van der Waals surface area contributed by atoms with Gasteiger partial charge in [0.1, 0.15) is 0 Å². The highest BCUT2D eigenvalue weighted by Gasteiger charge is 2.24. The molecule has 0 radical (unpaired) electrons. The molecule has 0 spiro atoms. The number of rotatable bonds is 6. The number of likely N-dealkylation sites (tertiary alicyclic amines) is 1. The summed E-state index contributed by atoms with van der Waals surface area (Å²) in [5.41, 5.74) is 1.43. The molecule has 0 amide bonds. The Hall–Kier alpha value is -0.900. The molecule has 2 atom stereocenters. The summed E-state index contributed by atoms with van der Waals surface area (Å²) in [5.74, 6) is 0.631. The Morgan fingerprint density at radius 2 is 2.05 bits per heavy atom.